The predicted molar refractivity (Wildman–Crippen MR) is 64.1 cm³/mol. The zero-order valence-electron chi connectivity index (χ0n) is 9.00. The van der Waals surface area contributed by atoms with Gasteiger partial charge in [0.1, 0.15) is 0 Å². The highest BCUT2D eigenvalue weighted by Crippen LogP contribution is 2.38. The van der Waals surface area contributed by atoms with Gasteiger partial charge in [-0.2, -0.15) is 13.2 Å². The standard InChI is InChI=1S/C12H8ClF3N2/c13-11-10(17)8(12(14,15)16)6-9(18-11)7-4-2-1-3-5-7/h1-6H,17H2. The molecule has 0 atom stereocenters. The fraction of sp³-hybridized carbons (Fsp3) is 0.0833. The van der Waals surface area contributed by atoms with E-state index in [-0.39, 0.29) is 10.8 Å². The lowest BCUT2D eigenvalue weighted by molar-refractivity contribution is -0.136. The van der Waals surface area contributed by atoms with Crippen LogP contribution in [0.4, 0.5) is 18.9 Å². The van der Waals surface area contributed by atoms with Crippen molar-refractivity contribution in [1.29, 1.82) is 0 Å². The number of halogens is 4. The van der Waals surface area contributed by atoms with E-state index in [9.17, 15) is 13.2 Å². The van der Waals surface area contributed by atoms with Gasteiger partial charge in [-0.25, -0.2) is 4.98 Å². The molecule has 0 aliphatic rings. The van der Waals surface area contributed by atoms with Gasteiger partial charge in [0.25, 0.3) is 0 Å². The monoisotopic (exact) mass is 272 g/mol. The normalized spacial score (nSPS) is 11.6. The molecule has 2 N–H and O–H groups in total. The van der Waals surface area contributed by atoms with E-state index in [0.29, 0.717) is 5.56 Å². The quantitative estimate of drug-likeness (QED) is 0.797. The summed E-state index contributed by atoms with van der Waals surface area (Å²) in [5, 5.41) is -0.344. The number of nitrogen functional groups attached to an aromatic ring is 1. The van der Waals surface area contributed by atoms with E-state index in [0.717, 1.165) is 6.07 Å². The number of hydrogen-bond donors (Lipinski definition) is 1. The van der Waals surface area contributed by atoms with E-state index in [2.05, 4.69) is 4.98 Å². The Balaban J connectivity index is 2.62. The summed E-state index contributed by atoms with van der Waals surface area (Å²) in [5.74, 6) is 0. The highest BCUT2D eigenvalue weighted by Gasteiger charge is 2.34. The van der Waals surface area contributed by atoms with Gasteiger partial charge in [0.15, 0.2) is 5.15 Å². The molecule has 1 aromatic heterocycles. The summed E-state index contributed by atoms with van der Waals surface area (Å²) in [7, 11) is 0. The molecule has 1 heterocycles. The fourth-order valence-electron chi connectivity index (χ4n) is 1.52. The first-order valence-electron chi connectivity index (χ1n) is 4.98. The fourth-order valence-corrected chi connectivity index (χ4v) is 1.71. The van der Waals surface area contributed by atoms with Gasteiger partial charge in [-0.1, -0.05) is 41.9 Å². The van der Waals surface area contributed by atoms with Gasteiger partial charge >= 0.3 is 6.18 Å². The van der Waals surface area contributed by atoms with Crippen molar-refractivity contribution in [2.24, 2.45) is 0 Å². The number of pyridine rings is 1. The molecule has 0 aliphatic heterocycles. The van der Waals surface area contributed by atoms with Crippen molar-refractivity contribution in [3.63, 3.8) is 0 Å². The molecule has 0 unspecified atom stereocenters. The summed E-state index contributed by atoms with van der Waals surface area (Å²) in [5.41, 5.74) is 4.47. The van der Waals surface area contributed by atoms with Crippen molar-refractivity contribution in [2.45, 2.75) is 6.18 Å². The first-order valence-corrected chi connectivity index (χ1v) is 5.36. The molecular weight excluding hydrogens is 265 g/mol. The Kier molecular flexibility index (Phi) is 3.17. The summed E-state index contributed by atoms with van der Waals surface area (Å²) in [6.07, 6.45) is -4.56. The third-order valence-electron chi connectivity index (χ3n) is 2.39. The first kappa shape index (κ1) is 12.7. The molecule has 0 aliphatic carbocycles. The molecular formula is C12H8ClF3N2. The third-order valence-corrected chi connectivity index (χ3v) is 2.68. The first-order chi connectivity index (χ1) is 8.39. The molecule has 2 rings (SSSR count). The SMILES string of the molecule is Nc1c(C(F)(F)F)cc(-c2ccccc2)nc1Cl. The van der Waals surface area contributed by atoms with Gasteiger partial charge < -0.3 is 5.73 Å². The summed E-state index contributed by atoms with van der Waals surface area (Å²) in [4.78, 5) is 3.86. The van der Waals surface area contributed by atoms with Crippen LogP contribution in [0, 0.1) is 0 Å². The molecule has 6 heteroatoms. The Labute approximate surface area is 106 Å². The van der Waals surface area contributed by atoms with Crippen LogP contribution in [0.2, 0.25) is 5.15 Å². The van der Waals surface area contributed by atoms with Gasteiger partial charge in [-0.15, -0.1) is 0 Å². The molecule has 94 valence electrons. The van der Waals surface area contributed by atoms with Gasteiger partial charge in [-0.05, 0) is 6.07 Å². The van der Waals surface area contributed by atoms with E-state index in [4.69, 9.17) is 17.3 Å². The second-order valence-corrected chi connectivity index (χ2v) is 3.98. The molecule has 0 saturated carbocycles. The Hall–Kier alpha value is -1.75. The van der Waals surface area contributed by atoms with Crippen molar-refractivity contribution >= 4 is 17.3 Å². The van der Waals surface area contributed by atoms with Gasteiger partial charge in [-0.3, -0.25) is 0 Å². The molecule has 0 amide bonds. The molecule has 0 spiro atoms. The second-order valence-electron chi connectivity index (χ2n) is 3.62. The average molecular weight is 273 g/mol. The summed E-state index contributed by atoms with van der Waals surface area (Å²) < 4.78 is 38.3. The Bertz CT molecular complexity index is 568. The maximum absolute atomic E-state index is 12.8. The van der Waals surface area contributed by atoms with Crippen molar-refractivity contribution in [3.05, 3.63) is 47.1 Å². The molecule has 2 aromatic rings. The predicted octanol–water partition coefficient (Wildman–Crippen LogP) is 4.00. The Morgan fingerprint density at radius 1 is 1.11 bits per heavy atom. The van der Waals surface area contributed by atoms with Gasteiger partial charge in [0.2, 0.25) is 0 Å². The Morgan fingerprint density at radius 2 is 1.72 bits per heavy atom. The van der Waals surface area contributed by atoms with Crippen molar-refractivity contribution in [2.75, 3.05) is 5.73 Å². The average Bonchev–Trinajstić information content (AvgIpc) is 2.32. The van der Waals surface area contributed by atoms with Crippen LogP contribution in [0.5, 0.6) is 0 Å². The van der Waals surface area contributed by atoms with Crippen LogP contribution in [-0.2, 0) is 6.18 Å². The van der Waals surface area contributed by atoms with E-state index in [1.54, 1.807) is 30.3 Å². The van der Waals surface area contributed by atoms with Crippen LogP contribution in [-0.4, -0.2) is 4.98 Å². The van der Waals surface area contributed by atoms with Gasteiger partial charge in [0, 0.05) is 5.56 Å². The van der Waals surface area contributed by atoms with E-state index < -0.39 is 17.4 Å². The number of aromatic nitrogens is 1. The highest BCUT2D eigenvalue weighted by molar-refractivity contribution is 6.32. The molecule has 1 aromatic carbocycles. The minimum absolute atomic E-state index is 0.141. The van der Waals surface area contributed by atoms with Crippen LogP contribution >= 0.6 is 11.6 Å². The second kappa shape index (κ2) is 4.49. The van der Waals surface area contributed by atoms with E-state index in [1.807, 2.05) is 0 Å². The smallest absolute Gasteiger partial charge is 0.396 e. The molecule has 0 saturated heterocycles. The van der Waals surface area contributed by atoms with Crippen LogP contribution in [0.15, 0.2) is 36.4 Å². The highest BCUT2D eigenvalue weighted by atomic mass is 35.5. The minimum atomic E-state index is -4.56. The number of anilines is 1. The molecule has 0 fully saturated rings. The Morgan fingerprint density at radius 3 is 2.28 bits per heavy atom. The molecule has 2 nitrogen and oxygen atoms in total. The summed E-state index contributed by atoms with van der Waals surface area (Å²) in [6, 6.07) is 9.36. The van der Waals surface area contributed by atoms with Crippen LogP contribution in [0.3, 0.4) is 0 Å². The van der Waals surface area contributed by atoms with Crippen molar-refractivity contribution in [3.8, 4) is 11.3 Å². The van der Waals surface area contributed by atoms with E-state index in [1.165, 1.54) is 0 Å². The lowest BCUT2D eigenvalue weighted by atomic mass is 10.1. The van der Waals surface area contributed by atoms with Crippen molar-refractivity contribution in [1.82, 2.24) is 4.98 Å². The van der Waals surface area contributed by atoms with Crippen LogP contribution in [0.1, 0.15) is 5.56 Å². The lowest BCUT2D eigenvalue weighted by Gasteiger charge is -2.12. The van der Waals surface area contributed by atoms with Crippen LogP contribution < -0.4 is 5.73 Å². The summed E-state index contributed by atoms with van der Waals surface area (Å²) >= 11 is 5.64. The number of benzene rings is 1. The van der Waals surface area contributed by atoms with Gasteiger partial charge in [0.05, 0.1) is 16.9 Å². The zero-order valence-corrected chi connectivity index (χ0v) is 9.76. The maximum atomic E-state index is 12.8. The number of alkyl halides is 3. The van der Waals surface area contributed by atoms with Crippen LogP contribution in [0.25, 0.3) is 11.3 Å². The van der Waals surface area contributed by atoms with Crippen molar-refractivity contribution < 1.29 is 13.2 Å². The van der Waals surface area contributed by atoms with E-state index >= 15 is 0 Å². The topological polar surface area (TPSA) is 38.9 Å². The minimum Gasteiger partial charge on any atom is -0.396 e. The number of hydrogen-bond acceptors (Lipinski definition) is 2. The molecule has 18 heavy (non-hydrogen) atoms. The number of rotatable bonds is 1. The third kappa shape index (κ3) is 2.41. The molecule has 0 radical (unpaired) electrons. The number of nitrogens with zero attached hydrogens (tertiary/aromatic N) is 1. The largest absolute Gasteiger partial charge is 0.418 e. The summed E-state index contributed by atoms with van der Waals surface area (Å²) in [6.45, 7) is 0. The zero-order chi connectivity index (χ0) is 13.3. The lowest BCUT2D eigenvalue weighted by Crippen LogP contribution is -2.10. The molecule has 0 bridgehead atoms. The maximum Gasteiger partial charge on any atom is 0.418 e. The number of nitrogens with two attached hydrogens (primary N) is 1.